The average molecular weight is 342 g/mol. The van der Waals surface area contributed by atoms with Crippen molar-refractivity contribution in [2.75, 3.05) is 6.61 Å². The van der Waals surface area contributed by atoms with E-state index in [1.807, 2.05) is 0 Å². The summed E-state index contributed by atoms with van der Waals surface area (Å²) in [5, 5.41) is 14.2. The van der Waals surface area contributed by atoms with Gasteiger partial charge in [-0.15, -0.1) is 0 Å². The van der Waals surface area contributed by atoms with Crippen LogP contribution < -0.4 is 0 Å². The van der Waals surface area contributed by atoms with Gasteiger partial charge in [-0.05, 0) is 18.1 Å². The summed E-state index contributed by atoms with van der Waals surface area (Å²) in [5.74, 6) is -0.950. The Labute approximate surface area is 121 Å². The summed E-state index contributed by atoms with van der Waals surface area (Å²) in [6, 6.07) is 4.18. The number of nitro groups is 1. The van der Waals surface area contributed by atoms with Crippen LogP contribution in [0.3, 0.4) is 0 Å². The lowest BCUT2D eigenvalue weighted by molar-refractivity contribution is -0.384. The van der Waals surface area contributed by atoms with Crippen LogP contribution in [0.25, 0.3) is 11.5 Å². The van der Waals surface area contributed by atoms with E-state index in [2.05, 4.69) is 26.1 Å². The van der Waals surface area contributed by atoms with Gasteiger partial charge in [-0.1, -0.05) is 15.9 Å². The minimum absolute atomic E-state index is 0.00236. The molecule has 2 rings (SSSR count). The molecule has 0 bridgehead atoms. The number of hydrogen-bond acceptors (Lipinski definition) is 7. The summed E-state index contributed by atoms with van der Waals surface area (Å²) in [6.07, 6.45) is 0. The monoisotopic (exact) mass is 341 g/mol. The Balaban J connectivity index is 2.37. The summed E-state index contributed by atoms with van der Waals surface area (Å²) in [4.78, 5) is 25.5. The summed E-state index contributed by atoms with van der Waals surface area (Å²) >= 11 is 3.15. The van der Waals surface area contributed by atoms with Crippen molar-refractivity contribution in [3.8, 4) is 11.5 Å². The fourth-order valence-electron chi connectivity index (χ4n) is 1.42. The molecule has 0 N–H and O–H groups in total. The second-order valence-corrected chi connectivity index (χ2v) is 4.51. The molecule has 1 aromatic carbocycles. The number of aromatic nitrogens is 2. The van der Waals surface area contributed by atoms with Crippen LogP contribution in [0.15, 0.2) is 27.2 Å². The van der Waals surface area contributed by atoms with Crippen LogP contribution in [-0.2, 0) is 4.74 Å². The molecule has 0 aliphatic heterocycles. The Morgan fingerprint density at radius 1 is 1.50 bits per heavy atom. The van der Waals surface area contributed by atoms with Gasteiger partial charge < -0.3 is 9.26 Å². The van der Waals surface area contributed by atoms with Crippen LogP contribution in [0.1, 0.15) is 17.5 Å². The Hall–Kier alpha value is -2.29. The van der Waals surface area contributed by atoms with Crippen molar-refractivity contribution in [2.24, 2.45) is 0 Å². The fourth-order valence-corrected chi connectivity index (χ4v) is 1.90. The number of esters is 1. The molecule has 0 unspecified atom stereocenters. The van der Waals surface area contributed by atoms with Gasteiger partial charge in [-0.25, -0.2) is 4.79 Å². The first-order valence-corrected chi connectivity index (χ1v) is 6.26. The van der Waals surface area contributed by atoms with Gasteiger partial charge in [0.2, 0.25) is 0 Å². The molecule has 20 heavy (non-hydrogen) atoms. The van der Waals surface area contributed by atoms with Gasteiger partial charge in [0.05, 0.1) is 11.5 Å². The summed E-state index contributed by atoms with van der Waals surface area (Å²) in [5.41, 5.74) is 0.194. The molecule has 0 atom stereocenters. The highest BCUT2D eigenvalue weighted by Crippen LogP contribution is 2.27. The quantitative estimate of drug-likeness (QED) is 0.477. The van der Waals surface area contributed by atoms with Crippen LogP contribution in [0.2, 0.25) is 0 Å². The number of nitrogens with zero attached hydrogens (tertiary/aromatic N) is 3. The van der Waals surface area contributed by atoms with Crippen LogP contribution in [0.5, 0.6) is 0 Å². The number of non-ortho nitro benzene ring substituents is 1. The van der Waals surface area contributed by atoms with Crippen molar-refractivity contribution in [1.29, 1.82) is 0 Å². The van der Waals surface area contributed by atoms with E-state index >= 15 is 0 Å². The molecular formula is C11H8BrN3O5. The smallest absolute Gasteiger partial charge is 0.379 e. The van der Waals surface area contributed by atoms with Gasteiger partial charge in [0.15, 0.2) is 0 Å². The molecule has 104 valence electrons. The van der Waals surface area contributed by atoms with Crippen molar-refractivity contribution >= 4 is 27.6 Å². The number of ether oxygens (including phenoxy) is 1. The maximum atomic E-state index is 11.4. The number of nitro benzene ring substituents is 1. The highest BCUT2D eigenvalue weighted by molar-refractivity contribution is 9.10. The number of rotatable bonds is 4. The summed E-state index contributed by atoms with van der Waals surface area (Å²) in [7, 11) is 0. The minimum atomic E-state index is -0.716. The topological polar surface area (TPSA) is 108 Å². The predicted octanol–water partition coefficient (Wildman–Crippen LogP) is 2.58. The number of benzene rings is 1. The van der Waals surface area contributed by atoms with Gasteiger partial charge in [0.1, 0.15) is 0 Å². The molecule has 1 aromatic heterocycles. The maximum absolute atomic E-state index is 11.4. The zero-order chi connectivity index (χ0) is 14.7. The van der Waals surface area contributed by atoms with E-state index in [9.17, 15) is 14.9 Å². The lowest BCUT2D eigenvalue weighted by atomic mass is 10.2. The van der Waals surface area contributed by atoms with Gasteiger partial charge in [0, 0.05) is 22.2 Å². The third-order valence-electron chi connectivity index (χ3n) is 2.22. The molecule has 1 heterocycles. The van der Waals surface area contributed by atoms with Crippen molar-refractivity contribution < 1.29 is 19.0 Å². The highest BCUT2D eigenvalue weighted by atomic mass is 79.9. The maximum Gasteiger partial charge on any atom is 0.379 e. The zero-order valence-corrected chi connectivity index (χ0v) is 11.8. The second kappa shape index (κ2) is 5.78. The van der Waals surface area contributed by atoms with E-state index in [0.717, 1.165) is 0 Å². The largest absolute Gasteiger partial charge is 0.460 e. The molecule has 0 aliphatic carbocycles. The molecule has 0 aliphatic rings. The van der Waals surface area contributed by atoms with Crippen molar-refractivity contribution in [3.63, 3.8) is 0 Å². The number of carbonyl (C=O) groups is 1. The number of halogens is 1. The lowest BCUT2D eigenvalue weighted by Gasteiger charge is -1.97. The molecule has 0 fully saturated rings. The standard InChI is InChI=1S/C11H8BrN3O5/c1-2-19-11(16)9-13-10(20-14-9)6-3-7(12)5-8(4-6)15(17)18/h3-5H,2H2,1H3. The highest BCUT2D eigenvalue weighted by Gasteiger charge is 2.19. The Kier molecular flexibility index (Phi) is 4.08. The number of hydrogen-bond donors (Lipinski definition) is 0. The summed E-state index contributed by atoms with van der Waals surface area (Å²) in [6.45, 7) is 1.83. The van der Waals surface area contributed by atoms with Crippen LogP contribution in [0.4, 0.5) is 5.69 Å². The zero-order valence-electron chi connectivity index (χ0n) is 10.2. The van der Waals surface area contributed by atoms with Gasteiger partial charge in [-0.2, -0.15) is 4.98 Å². The fraction of sp³-hybridized carbons (Fsp3) is 0.182. The van der Waals surface area contributed by atoms with Gasteiger partial charge >= 0.3 is 5.97 Å². The normalized spacial score (nSPS) is 10.3. The molecule has 0 spiro atoms. The van der Waals surface area contributed by atoms with E-state index in [0.29, 0.717) is 10.0 Å². The molecule has 8 nitrogen and oxygen atoms in total. The van der Waals surface area contributed by atoms with Gasteiger partial charge in [-0.3, -0.25) is 10.1 Å². The van der Waals surface area contributed by atoms with E-state index in [-0.39, 0.29) is 24.0 Å². The van der Waals surface area contributed by atoms with E-state index in [1.54, 1.807) is 13.0 Å². The van der Waals surface area contributed by atoms with Crippen molar-refractivity contribution in [3.05, 3.63) is 38.6 Å². The van der Waals surface area contributed by atoms with Crippen molar-refractivity contribution in [1.82, 2.24) is 10.1 Å². The molecule has 2 aromatic rings. The molecule has 0 saturated carbocycles. The SMILES string of the molecule is CCOC(=O)c1noc(-c2cc(Br)cc([N+](=O)[O-])c2)n1. The third-order valence-corrected chi connectivity index (χ3v) is 2.68. The minimum Gasteiger partial charge on any atom is -0.460 e. The number of carbonyl (C=O) groups excluding carboxylic acids is 1. The summed E-state index contributed by atoms with van der Waals surface area (Å²) < 4.78 is 10.1. The Bertz CT molecular complexity index is 670. The first-order valence-electron chi connectivity index (χ1n) is 5.47. The van der Waals surface area contributed by atoms with Crippen LogP contribution in [-0.4, -0.2) is 27.6 Å². The Morgan fingerprint density at radius 2 is 2.25 bits per heavy atom. The first-order chi connectivity index (χ1) is 9.51. The molecule has 0 saturated heterocycles. The van der Waals surface area contributed by atoms with Gasteiger partial charge in [0.25, 0.3) is 17.4 Å². The predicted molar refractivity (Wildman–Crippen MR) is 70.0 cm³/mol. The van der Waals surface area contributed by atoms with E-state index in [4.69, 9.17) is 9.26 Å². The lowest BCUT2D eigenvalue weighted by Crippen LogP contribution is -2.06. The van der Waals surface area contributed by atoms with E-state index < -0.39 is 10.9 Å². The van der Waals surface area contributed by atoms with E-state index in [1.165, 1.54) is 12.1 Å². The van der Waals surface area contributed by atoms with Crippen LogP contribution >= 0.6 is 15.9 Å². The Morgan fingerprint density at radius 3 is 2.90 bits per heavy atom. The molecule has 0 amide bonds. The van der Waals surface area contributed by atoms with Crippen molar-refractivity contribution in [2.45, 2.75) is 6.92 Å². The molecule has 0 radical (unpaired) electrons. The average Bonchev–Trinajstić information content (AvgIpc) is 2.88. The second-order valence-electron chi connectivity index (χ2n) is 3.60. The first kappa shape index (κ1) is 14.1. The molecular weight excluding hydrogens is 334 g/mol. The third kappa shape index (κ3) is 2.99. The van der Waals surface area contributed by atoms with Crippen LogP contribution in [0, 0.1) is 10.1 Å². The molecule has 9 heteroatoms.